The SMILES string of the molecule is C=C1N(CC(C)C)C=CN1C(C)C. The lowest BCUT2D eigenvalue weighted by molar-refractivity contribution is 0.299. The van der Waals surface area contributed by atoms with Gasteiger partial charge < -0.3 is 9.80 Å². The molecule has 0 atom stereocenters. The van der Waals surface area contributed by atoms with Gasteiger partial charge in [0.15, 0.2) is 0 Å². The van der Waals surface area contributed by atoms with E-state index in [1.807, 2.05) is 0 Å². The molecule has 74 valence electrons. The van der Waals surface area contributed by atoms with Gasteiger partial charge in [0.1, 0.15) is 5.82 Å². The van der Waals surface area contributed by atoms with Crippen molar-refractivity contribution in [3.05, 3.63) is 24.8 Å². The molecule has 13 heavy (non-hydrogen) atoms. The van der Waals surface area contributed by atoms with Crippen molar-refractivity contribution in [2.75, 3.05) is 6.54 Å². The molecule has 0 aromatic heterocycles. The normalized spacial score (nSPS) is 16.9. The maximum absolute atomic E-state index is 4.08. The van der Waals surface area contributed by atoms with Crippen LogP contribution in [0.4, 0.5) is 0 Å². The summed E-state index contributed by atoms with van der Waals surface area (Å²) in [5, 5.41) is 0. The molecule has 0 unspecified atom stereocenters. The second-order valence-electron chi connectivity index (χ2n) is 4.26. The van der Waals surface area contributed by atoms with Gasteiger partial charge in [-0.3, -0.25) is 0 Å². The lowest BCUT2D eigenvalue weighted by Crippen LogP contribution is -2.29. The van der Waals surface area contributed by atoms with E-state index in [0.29, 0.717) is 12.0 Å². The molecule has 0 saturated carbocycles. The molecule has 0 spiro atoms. The molecule has 2 nitrogen and oxygen atoms in total. The van der Waals surface area contributed by atoms with Crippen molar-refractivity contribution < 1.29 is 0 Å². The first-order valence-corrected chi connectivity index (χ1v) is 4.94. The molecule has 0 N–H and O–H groups in total. The van der Waals surface area contributed by atoms with Crippen molar-refractivity contribution in [2.45, 2.75) is 33.7 Å². The van der Waals surface area contributed by atoms with Crippen LogP contribution in [0.2, 0.25) is 0 Å². The summed E-state index contributed by atoms with van der Waals surface area (Å²) in [6.45, 7) is 13.9. The van der Waals surface area contributed by atoms with Gasteiger partial charge in [-0.15, -0.1) is 0 Å². The highest BCUT2D eigenvalue weighted by Crippen LogP contribution is 2.21. The summed E-state index contributed by atoms with van der Waals surface area (Å²) in [5.41, 5.74) is 0. The molecule has 0 aliphatic carbocycles. The highest BCUT2D eigenvalue weighted by Gasteiger charge is 2.19. The minimum atomic E-state index is 0.501. The Morgan fingerprint density at radius 2 is 1.85 bits per heavy atom. The second kappa shape index (κ2) is 3.86. The van der Waals surface area contributed by atoms with Gasteiger partial charge in [0.25, 0.3) is 0 Å². The van der Waals surface area contributed by atoms with Crippen LogP contribution in [0.5, 0.6) is 0 Å². The van der Waals surface area contributed by atoms with Gasteiger partial charge in [-0.25, -0.2) is 0 Å². The fourth-order valence-corrected chi connectivity index (χ4v) is 1.50. The zero-order valence-electron chi connectivity index (χ0n) is 9.12. The van der Waals surface area contributed by atoms with Crippen molar-refractivity contribution >= 4 is 0 Å². The second-order valence-corrected chi connectivity index (χ2v) is 4.26. The fourth-order valence-electron chi connectivity index (χ4n) is 1.50. The third-order valence-corrected chi connectivity index (χ3v) is 2.15. The maximum Gasteiger partial charge on any atom is 0.105 e. The topological polar surface area (TPSA) is 6.48 Å². The summed E-state index contributed by atoms with van der Waals surface area (Å²) in [5.74, 6) is 1.78. The van der Waals surface area contributed by atoms with E-state index in [2.05, 4.69) is 56.5 Å². The summed E-state index contributed by atoms with van der Waals surface area (Å²) in [6.07, 6.45) is 4.22. The van der Waals surface area contributed by atoms with Gasteiger partial charge in [0.2, 0.25) is 0 Å². The van der Waals surface area contributed by atoms with Crippen molar-refractivity contribution in [1.29, 1.82) is 0 Å². The smallest absolute Gasteiger partial charge is 0.105 e. The molecule has 1 aliphatic heterocycles. The predicted octanol–water partition coefficient (Wildman–Crippen LogP) is 2.61. The molecule has 0 fully saturated rings. The van der Waals surface area contributed by atoms with E-state index < -0.39 is 0 Å². The molecule has 1 rings (SSSR count). The quantitative estimate of drug-likeness (QED) is 0.658. The average Bonchev–Trinajstić information content (AvgIpc) is 2.32. The summed E-state index contributed by atoms with van der Waals surface area (Å²) in [7, 11) is 0. The monoisotopic (exact) mass is 180 g/mol. The van der Waals surface area contributed by atoms with Gasteiger partial charge >= 0.3 is 0 Å². The first kappa shape index (κ1) is 10.2. The highest BCUT2D eigenvalue weighted by atomic mass is 15.4. The molecular weight excluding hydrogens is 160 g/mol. The van der Waals surface area contributed by atoms with Crippen LogP contribution in [0, 0.1) is 5.92 Å². The largest absolute Gasteiger partial charge is 0.333 e. The van der Waals surface area contributed by atoms with Crippen molar-refractivity contribution in [1.82, 2.24) is 9.80 Å². The highest BCUT2D eigenvalue weighted by molar-refractivity contribution is 5.11. The van der Waals surface area contributed by atoms with Crippen LogP contribution in [0.1, 0.15) is 27.7 Å². The minimum Gasteiger partial charge on any atom is -0.333 e. The Labute approximate surface area is 81.5 Å². The number of hydrogen-bond donors (Lipinski definition) is 0. The van der Waals surface area contributed by atoms with Crippen LogP contribution in [0.3, 0.4) is 0 Å². The lowest BCUT2D eigenvalue weighted by atomic mass is 10.2. The summed E-state index contributed by atoms with van der Waals surface area (Å²) < 4.78 is 0. The molecule has 1 heterocycles. The van der Waals surface area contributed by atoms with Gasteiger partial charge in [-0.05, 0) is 19.8 Å². The van der Waals surface area contributed by atoms with Crippen LogP contribution in [-0.2, 0) is 0 Å². The molecule has 2 heteroatoms. The number of nitrogens with zero attached hydrogens (tertiary/aromatic N) is 2. The van der Waals surface area contributed by atoms with Crippen LogP contribution in [-0.4, -0.2) is 22.4 Å². The van der Waals surface area contributed by atoms with Crippen LogP contribution in [0.15, 0.2) is 24.8 Å². The minimum absolute atomic E-state index is 0.501. The first-order chi connectivity index (χ1) is 6.02. The number of rotatable bonds is 3. The first-order valence-electron chi connectivity index (χ1n) is 4.94. The Morgan fingerprint density at radius 3 is 2.23 bits per heavy atom. The third kappa shape index (κ3) is 2.27. The fraction of sp³-hybridized carbons (Fsp3) is 0.636. The molecular formula is C11H20N2. The van der Waals surface area contributed by atoms with Gasteiger partial charge in [-0.2, -0.15) is 0 Å². The summed E-state index contributed by atoms with van der Waals surface area (Å²) >= 11 is 0. The van der Waals surface area contributed by atoms with Crippen molar-refractivity contribution in [3.8, 4) is 0 Å². The van der Waals surface area contributed by atoms with E-state index in [9.17, 15) is 0 Å². The Morgan fingerprint density at radius 1 is 1.23 bits per heavy atom. The molecule has 0 bridgehead atoms. The Hall–Kier alpha value is -0.920. The third-order valence-electron chi connectivity index (χ3n) is 2.15. The van der Waals surface area contributed by atoms with Crippen molar-refractivity contribution in [2.24, 2.45) is 5.92 Å². The Kier molecular flexibility index (Phi) is 3.02. The summed E-state index contributed by atoms with van der Waals surface area (Å²) in [6, 6.07) is 0.501. The van der Waals surface area contributed by atoms with E-state index in [4.69, 9.17) is 0 Å². The van der Waals surface area contributed by atoms with Gasteiger partial charge in [0.05, 0.1) is 0 Å². The maximum atomic E-state index is 4.08. The van der Waals surface area contributed by atoms with Crippen LogP contribution < -0.4 is 0 Å². The van der Waals surface area contributed by atoms with Crippen LogP contribution >= 0.6 is 0 Å². The molecule has 0 aromatic carbocycles. The number of hydrogen-bond acceptors (Lipinski definition) is 2. The van der Waals surface area contributed by atoms with Gasteiger partial charge in [-0.1, -0.05) is 20.4 Å². The van der Waals surface area contributed by atoms with E-state index >= 15 is 0 Å². The average molecular weight is 180 g/mol. The Bertz CT molecular complexity index is 216. The molecule has 0 aromatic rings. The molecule has 1 aliphatic rings. The zero-order valence-corrected chi connectivity index (χ0v) is 9.12. The van der Waals surface area contributed by atoms with E-state index in [1.165, 1.54) is 0 Å². The molecule has 0 amide bonds. The van der Waals surface area contributed by atoms with Gasteiger partial charge in [0, 0.05) is 25.0 Å². The van der Waals surface area contributed by atoms with E-state index in [1.54, 1.807) is 0 Å². The lowest BCUT2D eigenvalue weighted by Gasteiger charge is -2.27. The zero-order chi connectivity index (χ0) is 10.0. The summed E-state index contributed by atoms with van der Waals surface area (Å²) in [4.78, 5) is 4.41. The Balaban J connectivity index is 2.56. The van der Waals surface area contributed by atoms with Crippen LogP contribution in [0.25, 0.3) is 0 Å². The molecule has 0 radical (unpaired) electrons. The predicted molar refractivity (Wildman–Crippen MR) is 56.8 cm³/mol. The van der Waals surface area contributed by atoms with E-state index in [0.717, 1.165) is 12.4 Å². The molecule has 0 saturated heterocycles. The van der Waals surface area contributed by atoms with Crippen molar-refractivity contribution in [3.63, 3.8) is 0 Å². The van der Waals surface area contributed by atoms with E-state index in [-0.39, 0.29) is 0 Å². The standard InChI is InChI=1S/C11H20N2/c1-9(2)8-12-6-7-13(10(3)4)11(12)5/h6-7,9-10H,5,8H2,1-4H3.